The predicted octanol–water partition coefficient (Wildman–Crippen LogP) is 3.58. The lowest BCUT2D eigenvalue weighted by atomic mass is 9.89. The van der Waals surface area contributed by atoms with E-state index in [2.05, 4.69) is 21.2 Å². The average molecular weight is 346 g/mol. The summed E-state index contributed by atoms with van der Waals surface area (Å²) in [4.78, 5) is 12.3. The predicted molar refractivity (Wildman–Crippen MR) is 77.7 cm³/mol. The SMILES string of the molecule is O=C(Cc1cccc(F)c1F)NCC1CCCC(Br)C1. The number of hydrogen-bond acceptors (Lipinski definition) is 1. The number of rotatable bonds is 4. The van der Waals surface area contributed by atoms with Gasteiger partial charge in [0.25, 0.3) is 0 Å². The molecule has 1 fully saturated rings. The number of hydrogen-bond donors (Lipinski definition) is 1. The van der Waals surface area contributed by atoms with E-state index >= 15 is 0 Å². The topological polar surface area (TPSA) is 29.1 Å². The zero-order chi connectivity index (χ0) is 14.5. The highest BCUT2D eigenvalue weighted by atomic mass is 79.9. The third-order valence-electron chi connectivity index (χ3n) is 3.69. The van der Waals surface area contributed by atoms with Crippen molar-refractivity contribution in [3.8, 4) is 0 Å². The van der Waals surface area contributed by atoms with Crippen molar-refractivity contribution in [2.75, 3.05) is 6.54 Å². The number of alkyl halides is 1. The lowest BCUT2D eigenvalue weighted by molar-refractivity contribution is -0.120. The first-order valence-corrected chi connectivity index (χ1v) is 7.81. The van der Waals surface area contributed by atoms with Crippen LogP contribution in [0.1, 0.15) is 31.2 Å². The first-order chi connectivity index (χ1) is 9.56. The van der Waals surface area contributed by atoms with Crippen LogP contribution in [0.25, 0.3) is 0 Å². The second-order valence-electron chi connectivity index (χ2n) is 5.32. The summed E-state index contributed by atoms with van der Waals surface area (Å²) in [5, 5.41) is 2.82. The summed E-state index contributed by atoms with van der Waals surface area (Å²) in [6, 6.07) is 3.90. The van der Waals surface area contributed by atoms with E-state index in [0.717, 1.165) is 25.3 Å². The Labute approximate surface area is 126 Å². The fourth-order valence-corrected chi connectivity index (χ4v) is 3.44. The Morgan fingerprint density at radius 1 is 1.35 bits per heavy atom. The molecule has 0 bridgehead atoms. The van der Waals surface area contributed by atoms with Crippen LogP contribution >= 0.6 is 15.9 Å². The maximum Gasteiger partial charge on any atom is 0.224 e. The van der Waals surface area contributed by atoms with Gasteiger partial charge < -0.3 is 5.32 Å². The number of carbonyl (C=O) groups is 1. The fraction of sp³-hybridized carbons (Fsp3) is 0.533. The Morgan fingerprint density at radius 2 is 2.15 bits per heavy atom. The van der Waals surface area contributed by atoms with Gasteiger partial charge in [0.05, 0.1) is 6.42 Å². The van der Waals surface area contributed by atoms with Crippen molar-refractivity contribution in [2.24, 2.45) is 5.92 Å². The summed E-state index contributed by atoms with van der Waals surface area (Å²) in [5.74, 6) is -1.63. The summed E-state index contributed by atoms with van der Waals surface area (Å²) >= 11 is 3.60. The monoisotopic (exact) mass is 345 g/mol. The van der Waals surface area contributed by atoms with Gasteiger partial charge in [0.2, 0.25) is 5.91 Å². The molecule has 0 saturated heterocycles. The molecule has 2 atom stereocenters. The van der Waals surface area contributed by atoms with Crippen molar-refractivity contribution >= 4 is 21.8 Å². The molecule has 2 rings (SSSR count). The maximum atomic E-state index is 13.4. The molecular formula is C15H18BrF2NO. The van der Waals surface area contributed by atoms with Crippen molar-refractivity contribution in [1.82, 2.24) is 5.32 Å². The van der Waals surface area contributed by atoms with Gasteiger partial charge in [-0.3, -0.25) is 4.79 Å². The first-order valence-electron chi connectivity index (χ1n) is 6.90. The number of nitrogens with one attached hydrogen (secondary N) is 1. The summed E-state index contributed by atoms with van der Waals surface area (Å²) in [6.45, 7) is 0.609. The molecular weight excluding hydrogens is 328 g/mol. The van der Waals surface area contributed by atoms with Crippen molar-refractivity contribution in [3.05, 3.63) is 35.4 Å². The van der Waals surface area contributed by atoms with Crippen LogP contribution in [0, 0.1) is 17.6 Å². The van der Waals surface area contributed by atoms with E-state index in [0.29, 0.717) is 17.3 Å². The van der Waals surface area contributed by atoms with E-state index in [1.807, 2.05) is 0 Å². The summed E-state index contributed by atoms with van der Waals surface area (Å²) in [7, 11) is 0. The van der Waals surface area contributed by atoms with Crippen molar-refractivity contribution < 1.29 is 13.6 Å². The Kier molecular flexibility index (Phi) is 5.52. The standard InChI is InChI=1S/C15H18BrF2NO/c16-12-5-1-3-10(7-12)9-19-14(20)8-11-4-2-6-13(17)15(11)18/h2,4,6,10,12H,1,3,5,7-9H2,(H,19,20). The van der Waals surface area contributed by atoms with Gasteiger partial charge >= 0.3 is 0 Å². The smallest absolute Gasteiger partial charge is 0.224 e. The van der Waals surface area contributed by atoms with Crippen LogP contribution in [0.5, 0.6) is 0 Å². The van der Waals surface area contributed by atoms with Gasteiger partial charge in [-0.15, -0.1) is 0 Å². The van der Waals surface area contributed by atoms with E-state index < -0.39 is 11.6 Å². The molecule has 0 spiro atoms. The minimum absolute atomic E-state index is 0.101. The summed E-state index contributed by atoms with van der Waals surface area (Å²) in [6.07, 6.45) is 4.38. The highest BCUT2D eigenvalue weighted by molar-refractivity contribution is 9.09. The molecule has 5 heteroatoms. The van der Waals surface area contributed by atoms with E-state index in [1.165, 1.54) is 18.6 Å². The van der Waals surface area contributed by atoms with Crippen molar-refractivity contribution in [3.63, 3.8) is 0 Å². The Morgan fingerprint density at radius 3 is 2.90 bits per heavy atom. The molecule has 1 amide bonds. The van der Waals surface area contributed by atoms with Crippen molar-refractivity contribution in [1.29, 1.82) is 0 Å². The van der Waals surface area contributed by atoms with E-state index in [-0.39, 0.29) is 17.9 Å². The molecule has 1 saturated carbocycles. The minimum atomic E-state index is -0.930. The molecule has 2 nitrogen and oxygen atoms in total. The number of halogens is 3. The zero-order valence-electron chi connectivity index (χ0n) is 11.2. The van der Waals surface area contributed by atoms with Gasteiger partial charge in [-0.2, -0.15) is 0 Å². The maximum absolute atomic E-state index is 13.4. The molecule has 1 aromatic rings. The van der Waals surface area contributed by atoms with Crippen LogP contribution in [0.15, 0.2) is 18.2 Å². The normalized spacial score (nSPS) is 22.6. The van der Waals surface area contributed by atoms with Gasteiger partial charge in [-0.1, -0.05) is 34.5 Å². The average Bonchev–Trinajstić information content (AvgIpc) is 2.42. The highest BCUT2D eigenvalue weighted by Gasteiger charge is 2.20. The fourth-order valence-electron chi connectivity index (χ4n) is 2.59. The highest BCUT2D eigenvalue weighted by Crippen LogP contribution is 2.28. The third-order valence-corrected chi connectivity index (χ3v) is 4.52. The molecule has 1 N–H and O–H groups in total. The number of carbonyl (C=O) groups excluding carboxylic acids is 1. The van der Waals surface area contributed by atoms with Crippen LogP contribution in [-0.4, -0.2) is 17.3 Å². The van der Waals surface area contributed by atoms with Crippen LogP contribution in [-0.2, 0) is 11.2 Å². The number of benzene rings is 1. The molecule has 0 aliphatic heterocycles. The van der Waals surface area contributed by atoms with Crippen molar-refractivity contribution in [2.45, 2.75) is 36.9 Å². The molecule has 0 heterocycles. The van der Waals surface area contributed by atoms with Gasteiger partial charge in [0, 0.05) is 16.9 Å². The van der Waals surface area contributed by atoms with E-state index in [1.54, 1.807) is 0 Å². The molecule has 110 valence electrons. The van der Waals surface area contributed by atoms with E-state index in [4.69, 9.17) is 0 Å². The van der Waals surface area contributed by atoms with Crippen LogP contribution in [0.4, 0.5) is 8.78 Å². The molecule has 1 aliphatic carbocycles. The molecule has 0 radical (unpaired) electrons. The van der Waals surface area contributed by atoms with Gasteiger partial charge in [-0.05, 0) is 31.2 Å². The summed E-state index contributed by atoms with van der Waals surface area (Å²) in [5.41, 5.74) is 0.101. The molecule has 0 aromatic heterocycles. The largest absolute Gasteiger partial charge is 0.356 e. The van der Waals surface area contributed by atoms with Crippen LogP contribution in [0.3, 0.4) is 0 Å². The molecule has 20 heavy (non-hydrogen) atoms. The Hall–Kier alpha value is -0.970. The molecule has 1 aliphatic rings. The van der Waals surface area contributed by atoms with Gasteiger partial charge in [-0.25, -0.2) is 8.78 Å². The Balaban J connectivity index is 1.82. The van der Waals surface area contributed by atoms with Crippen LogP contribution in [0.2, 0.25) is 0 Å². The second-order valence-corrected chi connectivity index (χ2v) is 6.62. The lowest BCUT2D eigenvalue weighted by Gasteiger charge is -2.25. The zero-order valence-corrected chi connectivity index (χ0v) is 12.8. The Bertz CT molecular complexity index is 481. The van der Waals surface area contributed by atoms with Crippen LogP contribution < -0.4 is 5.32 Å². The molecule has 2 unspecified atom stereocenters. The first kappa shape index (κ1) is 15.4. The van der Waals surface area contributed by atoms with Gasteiger partial charge in [0.1, 0.15) is 0 Å². The van der Waals surface area contributed by atoms with Gasteiger partial charge in [0.15, 0.2) is 11.6 Å². The second kappa shape index (κ2) is 7.16. The number of amides is 1. The molecule has 1 aromatic carbocycles. The lowest BCUT2D eigenvalue weighted by Crippen LogP contribution is -2.33. The quantitative estimate of drug-likeness (QED) is 0.830. The van der Waals surface area contributed by atoms with E-state index in [9.17, 15) is 13.6 Å². The summed E-state index contributed by atoms with van der Waals surface area (Å²) < 4.78 is 26.5. The third kappa shape index (κ3) is 4.27. The minimum Gasteiger partial charge on any atom is -0.356 e.